The molecule has 0 aliphatic heterocycles. The molecule has 0 aliphatic carbocycles. The molecule has 0 fully saturated rings. The summed E-state index contributed by atoms with van der Waals surface area (Å²) in [5.41, 5.74) is 3.00. The zero-order valence-electron chi connectivity index (χ0n) is 14.1. The lowest BCUT2D eigenvalue weighted by Crippen LogP contribution is -2.12. The van der Waals surface area contributed by atoms with Crippen LogP contribution in [0.25, 0.3) is 22.2 Å². The van der Waals surface area contributed by atoms with Crippen LogP contribution in [0.1, 0.15) is 15.5 Å². The first-order valence-corrected chi connectivity index (χ1v) is 8.85. The highest BCUT2D eigenvalue weighted by Gasteiger charge is 2.17. The van der Waals surface area contributed by atoms with Gasteiger partial charge in [0, 0.05) is 34.1 Å². The van der Waals surface area contributed by atoms with Gasteiger partial charge in [-0.05, 0) is 25.1 Å². The molecule has 8 nitrogen and oxygen atoms in total. The maximum Gasteiger partial charge on any atom is 0.276 e. The van der Waals surface area contributed by atoms with Gasteiger partial charge in [0.05, 0.1) is 21.1 Å². The number of fused-ring (bicyclic) bond motifs is 1. The van der Waals surface area contributed by atoms with Crippen molar-refractivity contribution < 1.29 is 9.72 Å². The Bertz CT molecular complexity index is 1160. The molecule has 2 N–H and O–H groups in total. The molecular formula is C18H13N5O3S. The van der Waals surface area contributed by atoms with Crippen molar-refractivity contribution in [2.45, 2.75) is 6.92 Å². The smallest absolute Gasteiger partial charge is 0.276 e. The number of nitrogens with zero attached hydrogens (tertiary/aromatic N) is 3. The Morgan fingerprint density at radius 2 is 2.00 bits per heavy atom. The molecule has 0 bridgehead atoms. The number of carbonyl (C=O) groups excluding carboxylic acids is 1. The highest BCUT2D eigenvalue weighted by atomic mass is 32.1. The lowest BCUT2D eigenvalue weighted by Gasteiger charge is -2.04. The summed E-state index contributed by atoms with van der Waals surface area (Å²) >= 11 is 1.58. The molecular weight excluding hydrogens is 366 g/mol. The number of benzene rings is 2. The number of nitro benzene ring substituents is 1. The molecule has 9 heteroatoms. The largest absolute Gasteiger partial charge is 0.321 e. The fourth-order valence-corrected chi connectivity index (χ4v) is 3.32. The zero-order chi connectivity index (χ0) is 19.0. The number of rotatable bonds is 4. The van der Waals surface area contributed by atoms with E-state index in [1.54, 1.807) is 23.5 Å². The number of hydrogen-bond acceptors (Lipinski definition) is 6. The molecule has 0 spiro atoms. The predicted molar refractivity (Wildman–Crippen MR) is 103 cm³/mol. The van der Waals surface area contributed by atoms with Crippen LogP contribution in [0.4, 0.5) is 11.4 Å². The van der Waals surface area contributed by atoms with E-state index in [4.69, 9.17) is 0 Å². The molecule has 2 aromatic heterocycles. The molecule has 0 atom stereocenters. The van der Waals surface area contributed by atoms with Crippen molar-refractivity contribution >= 4 is 39.5 Å². The number of carbonyl (C=O) groups is 1. The Kier molecular flexibility index (Phi) is 4.13. The number of hydrogen-bond donors (Lipinski definition) is 2. The SMILES string of the molecule is Cc1nc(-c2ccc(NC(=O)c3n[nH]c4ccc([N+](=O)[O-])cc34)cc2)cs1. The zero-order valence-corrected chi connectivity index (χ0v) is 14.9. The lowest BCUT2D eigenvalue weighted by atomic mass is 10.1. The summed E-state index contributed by atoms with van der Waals surface area (Å²) in [6.45, 7) is 1.95. The van der Waals surface area contributed by atoms with Crippen LogP contribution in [0, 0.1) is 17.0 Å². The van der Waals surface area contributed by atoms with Gasteiger partial charge in [-0.1, -0.05) is 12.1 Å². The fourth-order valence-electron chi connectivity index (χ4n) is 2.70. The molecule has 0 saturated carbocycles. The highest BCUT2D eigenvalue weighted by molar-refractivity contribution is 7.09. The minimum atomic E-state index is -0.507. The normalized spacial score (nSPS) is 10.9. The summed E-state index contributed by atoms with van der Waals surface area (Å²) in [6.07, 6.45) is 0. The third-order valence-corrected chi connectivity index (χ3v) is 4.80. The summed E-state index contributed by atoms with van der Waals surface area (Å²) in [6, 6.07) is 11.5. The van der Waals surface area contributed by atoms with Crippen molar-refractivity contribution in [2.75, 3.05) is 5.32 Å². The Labute approximate surface area is 157 Å². The minimum absolute atomic E-state index is 0.0964. The van der Waals surface area contributed by atoms with Crippen LogP contribution in [-0.4, -0.2) is 26.0 Å². The van der Waals surface area contributed by atoms with E-state index in [0.717, 1.165) is 16.3 Å². The van der Waals surface area contributed by atoms with Crippen LogP contribution < -0.4 is 5.32 Å². The van der Waals surface area contributed by atoms with Gasteiger partial charge in [0.15, 0.2) is 5.69 Å². The summed E-state index contributed by atoms with van der Waals surface area (Å²) in [5.74, 6) is -0.445. The van der Waals surface area contributed by atoms with Crippen molar-refractivity contribution in [1.82, 2.24) is 15.2 Å². The van der Waals surface area contributed by atoms with Crippen LogP contribution in [0.3, 0.4) is 0 Å². The second-order valence-electron chi connectivity index (χ2n) is 5.84. The molecule has 0 radical (unpaired) electrons. The topological polar surface area (TPSA) is 114 Å². The summed E-state index contributed by atoms with van der Waals surface area (Å²) in [5, 5.41) is 23.8. The first-order chi connectivity index (χ1) is 13.0. The molecule has 0 saturated heterocycles. The first kappa shape index (κ1) is 16.9. The average Bonchev–Trinajstić information content (AvgIpc) is 3.28. The van der Waals surface area contributed by atoms with Crippen molar-refractivity contribution in [1.29, 1.82) is 0 Å². The van der Waals surface area contributed by atoms with E-state index in [9.17, 15) is 14.9 Å². The van der Waals surface area contributed by atoms with E-state index in [0.29, 0.717) is 16.6 Å². The number of aromatic nitrogens is 3. The Balaban J connectivity index is 1.58. The van der Waals surface area contributed by atoms with Crippen molar-refractivity contribution in [3.8, 4) is 11.3 Å². The number of nitro groups is 1. The van der Waals surface area contributed by atoms with Gasteiger partial charge in [-0.25, -0.2) is 4.98 Å². The van der Waals surface area contributed by atoms with E-state index < -0.39 is 10.8 Å². The third-order valence-electron chi connectivity index (χ3n) is 4.03. The Morgan fingerprint density at radius 3 is 2.67 bits per heavy atom. The van der Waals surface area contributed by atoms with Crippen LogP contribution >= 0.6 is 11.3 Å². The second kappa shape index (κ2) is 6.61. The summed E-state index contributed by atoms with van der Waals surface area (Å²) < 4.78 is 0. The van der Waals surface area contributed by atoms with Gasteiger partial charge in [0.25, 0.3) is 11.6 Å². The quantitative estimate of drug-likeness (QED) is 0.408. The number of H-pyrrole nitrogens is 1. The maximum atomic E-state index is 12.6. The second-order valence-corrected chi connectivity index (χ2v) is 6.90. The van der Waals surface area contributed by atoms with Crippen LogP contribution in [0.15, 0.2) is 47.8 Å². The number of aryl methyl sites for hydroxylation is 1. The van der Waals surface area contributed by atoms with Gasteiger partial charge in [-0.15, -0.1) is 11.3 Å². The summed E-state index contributed by atoms with van der Waals surface area (Å²) in [4.78, 5) is 27.4. The van der Waals surface area contributed by atoms with E-state index in [1.165, 1.54) is 18.2 Å². The van der Waals surface area contributed by atoms with E-state index in [2.05, 4.69) is 20.5 Å². The van der Waals surface area contributed by atoms with Gasteiger partial charge in [0.1, 0.15) is 0 Å². The monoisotopic (exact) mass is 379 g/mol. The first-order valence-electron chi connectivity index (χ1n) is 7.98. The Hall–Kier alpha value is -3.59. The molecule has 4 aromatic rings. The van der Waals surface area contributed by atoms with Gasteiger partial charge < -0.3 is 5.32 Å². The van der Waals surface area contributed by atoms with E-state index in [1.807, 2.05) is 24.4 Å². The van der Waals surface area contributed by atoms with Crippen molar-refractivity contribution in [3.05, 3.63) is 68.7 Å². The molecule has 0 aliphatic rings. The maximum absolute atomic E-state index is 12.6. The van der Waals surface area contributed by atoms with E-state index in [-0.39, 0.29) is 11.4 Å². The number of anilines is 1. The van der Waals surface area contributed by atoms with Gasteiger partial charge in [0.2, 0.25) is 0 Å². The molecule has 2 aromatic carbocycles. The van der Waals surface area contributed by atoms with Crippen LogP contribution in [0.5, 0.6) is 0 Å². The van der Waals surface area contributed by atoms with Gasteiger partial charge in [-0.2, -0.15) is 5.10 Å². The standard InChI is InChI=1S/C18H13N5O3S/c1-10-19-16(9-27-10)11-2-4-12(5-3-11)20-18(24)17-14-8-13(23(25)26)6-7-15(14)21-22-17/h2-9H,1H3,(H,20,24)(H,21,22). The number of nitrogens with one attached hydrogen (secondary N) is 2. The highest BCUT2D eigenvalue weighted by Crippen LogP contribution is 2.25. The van der Waals surface area contributed by atoms with E-state index >= 15 is 0 Å². The van der Waals surface area contributed by atoms with Crippen molar-refractivity contribution in [3.63, 3.8) is 0 Å². The molecule has 0 unspecified atom stereocenters. The molecule has 2 heterocycles. The third kappa shape index (κ3) is 3.27. The Morgan fingerprint density at radius 1 is 1.22 bits per heavy atom. The number of non-ortho nitro benzene ring substituents is 1. The van der Waals surface area contributed by atoms with Crippen molar-refractivity contribution in [2.24, 2.45) is 0 Å². The number of amides is 1. The summed E-state index contributed by atoms with van der Waals surface area (Å²) in [7, 11) is 0. The molecule has 1 amide bonds. The van der Waals surface area contributed by atoms with Crippen LogP contribution in [0.2, 0.25) is 0 Å². The van der Waals surface area contributed by atoms with Gasteiger partial charge in [-0.3, -0.25) is 20.0 Å². The lowest BCUT2D eigenvalue weighted by molar-refractivity contribution is -0.384. The molecule has 4 rings (SSSR count). The fraction of sp³-hybridized carbons (Fsp3) is 0.0556. The average molecular weight is 379 g/mol. The number of thiazole rings is 1. The molecule has 27 heavy (non-hydrogen) atoms. The van der Waals surface area contributed by atoms with Gasteiger partial charge >= 0.3 is 0 Å². The van der Waals surface area contributed by atoms with Crippen LogP contribution in [-0.2, 0) is 0 Å². The molecule has 134 valence electrons. The minimum Gasteiger partial charge on any atom is -0.321 e. The number of aromatic amines is 1. The predicted octanol–water partition coefficient (Wildman–Crippen LogP) is 4.16.